The van der Waals surface area contributed by atoms with E-state index in [0.29, 0.717) is 23.2 Å². The average molecular weight is 1080 g/mol. The molecule has 4 rings (SSSR count). The van der Waals surface area contributed by atoms with E-state index in [1.54, 1.807) is 44.2 Å². The Morgan fingerprint density at radius 2 is 1.39 bits per heavy atom. The number of aliphatic imine (C=N–C) groups is 1. The van der Waals surface area contributed by atoms with Gasteiger partial charge in [-0.05, 0) is 61.8 Å². The molecule has 7 amide bonds. The first kappa shape index (κ1) is 60.6. The third-order valence-electron chi connectivity index (χ3n) is 11.9. The van der Waals surface area contributed by atoms with Crippen LogP contribution >= 0.6 is 7.82 Å². The van der Waals surface area contributed by atoms with Gasteiger partial charge in [-0.3, -0.25) is 53.1 Å². The van der Waals surface area contributed by atoms with Gasteiger partial charge in [0.2, 0.25) is 41.4 Å². The van der Waals surface area contributed by atoms with E-state index in [9.17, 15) is 62.6 Å². The Balaban J connectivity index is 1.56. The molecule has 2 heterocycles. The van der Waals surface area contributed by atoms with Gasteiger partial charge >= 0.3 is 19.8 Å². The minimum absolute atomic E-state index is 0.0234. The first-order chi connectivity index (χ1) is 35.8. The molecule has 0 bridgehead atoms. The van der Waals surface area contributed by atoms with Crippen LogP contribution in [-0.4, -0.2) is 156 Å². The number of nitrogens with one attached hydrogen (secondary N) is 7. The summed E-state index contributed by atoms with van der Waals surface area (Å²) < 4.78 is 16.1. The Morgan fingerprint density at radius 1 is 0.776 bits per heavy atom. The molecule has 1 aliphatic heterocycles. The molecule has 1 fully saturated rings. The fourth-order valence-corrected chi connectivity index (χ4v) is 8.36. The Kier molecular flexibility index (Phi) is 22.9. The van der Waals surface area contributed by atoms with Crippen LogP contribution in [-0.2, 0) is 67.0 Å². The molecule has 2 aromatic carbocycles. The number of nitrogens with zero attached hydrogens (tertiary/aromatic N) is 3. The van der Waals surface area contributed by atoms with Crippen molar-refractivity contribution >= 4 is 67.1 Å². The van der Waals surface area contributed by atoms with E-state index < -0.39 is 122 Å². The number of likely N-dealkylation sites (tertiary alicyclic amines) is 1. The van der Waals surface area contributed by atoms with Gasteiger partial charge in [0.25, 0.3) is 0 Å². The van der Waals surface area contributed by atoms with Gasteiger partial charge in [-0.15, -0.1) is 0 Å². The van der Waals surface area contributed by atoms with Crippen molar-refractivity contribution in [2.24, 2.45) is 28.1 Å². The minimum atomic E-state index is -4.96. The molecular weight excluding hydrogens is 1020 g/mol. The summed E-state index contributed by atoms with van der Waals surface area (Å²) in [6.07, 6.45) is 2.12. The topological polar surface area (TPSA) is 455 Å². The summed E-state index contributed by atoms with van der Waals surface area (Å²) in [7, 11) is -4.96. The number of H-pyrrole nitrogens is 1. The van der Waals surface area contributed by atoms with E-state index in [1.165, 1.54) is 48.6 Å². The number of guanidine groups is 1. The number of phosphoric ester groups is 1. The molecule has 0 aliphatic carbocycles. The van der Waals surface area contributed by atoms with Crippen molar-refractivity contribution in [3.8, 4) is 5.75 Å². The molecule has 3 aromatic rings. The standard InChI is InChI=1S/C47H66N13O15P/c1-25(2)38(59-41(65)32(11-7-17-52-47(49)50)55-40(64)31(48)22-37(61)62)44(68)56-33(19-28-13-15-30(16-14-28)75-76(72,73)74)42(66)54-26(3)39(63)57-34(21-29-23-51-24-53-29)45(69)60-18-8-12-36(60)43(67)58-35(46(70)71)20-27-9-5-4-6-10-27/h4-6,9-10,13-16,23-26,31-36,38H,7-8,11-12,17-22,48H2,1-3H3,(H,51,53)(H,54,66)(H,55,64)(H,56,68)(H,57,63)(H,58,67)(H,59,65)(H,61,62)(H,70,71)(H4,49,50,52)(H2,72,73,74)/t26?,31-,32-,33-,34-,35-,36-,38-/m0/s1. The quantitative estimate of drug-likeness (QED) is 0.0147. The first-order valence-corrected chi connectivity index (χ1v) is 25.6. The maximum atomic E-state index is 14.4. The lowest BCUT2D eigenvalue weighted by Gasteiger charge is -2.30. The highest BCUT2D eigenvalue weighted by Crippen LogP contribution is 2.37. The van der Waals surface area contributed by atoms with Crippen molar-refractivity contribution in [1.82, 2.24) is 46.8 Å². The van der Waals surface area contributed by atoms with Gasteiger partial charge in [0.05, 0.1) is 18.8 Å². The number of benzene rings is 2. The molecule has 0 saturated carbocycles. The van der Waals surface area contributed by atoms with Gasteiger partial charge in [0.1, 0.15) is 48.0 Å². The lowest BCUT2D eigenvalue weighted by Crippen LogP contribution is -2.61. The zero-order valence-electron chi connectivity index (χ0n) is 41.9. The van der Waals surface area contributed by atoms with Gasteiger partial charge < -0.3 is 73.7 Å². The molecule has 0 radical (unpaired) electrons. The summed E-state index contributed by atoms with van der Waals surface area (Å²) in [5, 5.41) is 34.4. The van der Waals surface area contributed by atoms with Gasteiger partial charge in [0.15, 0.2) is 5.96 Å². The highest BCUT2D eigenvalue weighted by molar-refractivity contribution is 7.46. The number of hydrogen-bond acceptors (Lipinski definition) is 14. The zero-order valence-corrected chi connectivity index (χ0v) is 42.8. The van der Waals surface area contributed by atoms with Gasteiger partial charge in [-0.2, -0.15) is 0 Å². The normalized spacial score (nSPS) is 16.0. The number of imidazole rings is 1. The number of carbonyl (C=O) groups excluding carboxylic acids is 7. The number of carboxylic acid groups (broad SMARTS) is 2. The summed E-state index contributed by atoms with van der Waals surface area (Å²) in [6, 6.07) is 2.69. The van der Waals surface area contributed by atoms with Crippen LogP contribution in [0.3, 0.4) is 0 Å². The average Bonchev–Trinajstić information content (AvgIpc) is 4.06. The second kappa shape index (κ2) is 28.7. The smallest absolute Gasteiger partial charge is 0.481 e. The highest BCUT2D eigenvalue weighted by Gasteiger charge is 2.40. The third kappa shape index (κ3) is 19.7. The van der Waals surface area contributed by atoms with Crippen LogP contribution in [0.5, 0.6) is 5.75 Å². The van der Waals surface area contributed by atoms with Crippen LogP contribution in [0.2, 0.25) is 0 Å². The summed E-state index contributed by atoms with van der Waals surface area (Å²) >= 11 is 0. The number of aromatic nitrogens is 2. The predicted octanol–water partition coefficient (Wildman–Crippen LogP) is -2.58. The number of rotatable bonds is 29. The van der Waals surface area contributed by atoms with Gasteiger partial charge in [-0.25, -0.2) is 14.3 Å². The van der Waals surface area contributed by atoms with Crippen LogP contribution in [0.25, 0.3) is 0 Å². The van der Waals surface area contributed by atoms with Crippen molar-refractivity contribution in [1.29, 1.82) is 0 Å². The lowest BCUT2D eigenvalue weighted by molar-refractivity contribution is -0.145. The van der Waals surface area contributed by atoms with Crippen molar-refractivity contribution in [2.45, 2.75) is 120 Å². The summed E-state index contributed by atoms with van der Waals surface area (Å²) in [6.45, 7) is 4.55. The molecule has 1 aromatic heterocycles. The molecule has 414 valence electrons. The molecule has 1 unspecified atom stereocenters. The summed E-state index contributed by atoms with van der Waals surface area (Å²) in [5.41, 5.74) is 17.9. The molecule has 1 aliphatic rings. The van der Waals surface area contributed by atoms with Crippen molar-refractivity contribution in [2.75, 3.05) is 13.1 Å². The molecule has 17 N–H and O–H groups in total. The fourth-order valence-electron chi connectivity index (χ4n) is 7.96. The first-order valence-electron chi connectivity index (χ1n) is 24.0. The van der Waals surface area contributed by atoms with E-state index in [2.05, 4.69) is 51.4 Å². The number of aromatic amines is 1. The van der Waals surface area contributed by atoms with Crippen molar-refractivity contribution in [3.05, 3.63) is 83.9 Å². The lowest BCUT2D eigenvalue weighted by atomic mass is 9.99. The number of aliphatic carboxylic acids is 2. The van der Waals surface area contributed by atoms with E-state index in [1.807, 2.05) is 0 Å². The Hall–Kier alpha value is -7.94. The molecule has 28 nitrogen and oxygen atoms in total. The Bertz CT molecular complexity index is 2580. The van der Waals surface area contributed by atoms with Crippen LogP contribution in [0, 0.1) is 5.92 Å². The number of phosphoric acid groups is 1. The number of amides is 7. The fraction of sp³-hybridized carbons (Fsp3) is 0.468. The number of hydrogen-bond donors (Lipinski definition) is 14. The molecular formula is C47H66N13O15P. The zero-order chi connectivity index (χ0) is 56.3. The maximum absolute atomic E-state index is 14.4. The van der Waals surface area contributed by atoms with Crippen molar-refractivity contribution < 1.29 is 72.2 Å². The second-order valence-electron chi connectivity index (χ2n) is 18.3. The second-order valence-corrected chi connectivity index (χ2v) is 19.5. The predicted molar refractivity (Wildman–Crippen MR) is 270 cm³/mol. The maximum Gasteiger partial charge on any atom is 0.524 e. The monoisotopic (exact) mass is 1080 g/mol. The summed E-state index contributed by atoms with van der Waals surface area (Å²) in [4.78, 5) is 151. The Labute approximate surface area is 436 Å². The van der Waals surface area contributed by atoms with E-state index in [0.717, 1.165) is 0 Å². The van der Waals surface area contributed by atoms with Crippen LogP contribution < -0.4 is 53.6 Å². The van der Waals surface area contributed by atoms with E-state index in [4.69, 9.17) is 22.3 Å². The minimum Gasteiger partial charge on any atom is -0.481 e. The third-order valence-corrected chi connectivity index (χ3v) is 12.3. The van der Waals surface area contributed by atoms with Crippen molar-refractivity contribution in [3.63, 3.8) is 0 Å². The van der Waals surface area contributed by atoms with Crippen LogP contribution in [0.4, 0.5) is 0 Å². The van der Waals surface area contributed by atoms with E-state index in [-0.39, 0.29) is 63.3 Å². The number of carboxylic acids is 2. The van der Waals surface area contributed by atoms with E-state index >= 15 is 0 Å². The molecule has 1 saturated heterocycles. The number of carbonyl (C=O) groups is 9. The highest BCUT2D eigenvalue weighted by atomic mass is 31.2. The largest absolute Gasteiger partial charge is 0.524 e. The van der Waals surface area contributed by atoms with Crippen LogP contribution in [0.1, 0.15) is 69.7 Å². The molecule has 0 spiro atoms. The number of nitrogens with two attached hydrogens (primary N) is 3. The SMILES string of the molecule is CC(NC(=O)[C@H](Cc1ccc(OP(=O)(O)O)cc1)NC(=O)[C@@H](NC(=O)[C@H](CCCN=C(N)N)NC(=O)[C@@H](N)CC(=O)O)C(C)C)C(=O)N[C@@H](Cc1cnc[nH]1)C(=O)N1CCC[C@H]1C(=O)N[C@@H](Cc1ccccc1)C(=O)O. The van der Waals surface area contributed by atoms with Crippen LogP contribution in [0.15, 0.2) is 72.1 Å². The molecule has 29 heteroatoms. The van der Waals surface area contributed by atoms with Gasteiger partial charge in [-0.1, -0.05) is 56.3 Å². The van der Waals surface area contributed by atoms with Gasteiger partial charge in [0, 0.05) is 44.2 Å². The summed E-state index contributed by atoms with van der Waals surface area (Å²) in [5.74, 6) is -9.83. The molecule has 8 atom stereocenters. The Morgan fingerprint density at radius 3 is 1.99 bits per heavy atom. The molecule has 76 heavy (non-hydrogen) atoms.